The molecule has 0 spiro atoms. The van der Waals surface area contributed by atoms with E-state index in [1.54, 1.807) is 12.4 Å². The average molecular weight is 689 g/mol. The molecule has 0 atom stereocenters. The molecule has 14 heteroatoms. The van der Waals surface area contributed by atoms with Crippen molar-refractivity contribution in [3.63, 3.8) is 0 Å². The number of aromatic nitrogens is 4. The molecule has 2 aromatic carbocycles. The highest BCUT2D eigenvalue weighted by atomic mass is 19.1. The Labute approximate surface area is 286 Å². The first-order valence-electron chi connectivity index (χ1n) is 16.3. The number of hydrogen-bond acceptors (Lipinski definition) is 10. The van der Waals surface area contributed by atoms with Crippen molar-refractivity contribution >= 4 is 29.4 Å². The third-order valence-corrected chi connectivity index (χ3v) is 9.46. The van der Waals surface area contributed by atoms with Crippen LogP contribution in [-0.2, 0) is 4.79 Å². The molecule has 2 heterocycles. The molecular formula is C36H38F2N6O6. The van der Waals surface area contributed by atoms with Crippen molar-refractivity contribution in [2.75, 3.05) is 11.5 Å². The lowest BCUT2D eigenvalue weighted by Gasteiger charge is -2.25. The van der Waals surface area contributed by atoms with Crippen molar-refractivity contribution in [2.45, 2.75) is 83.2 Å². The van der Waals surface area contributed by atoms with Gasteiger partial charge in [-0.25, -0.2) is 38.3 Å². The summed E-state index contributed by atoms with van der Waals surface area (Å²) in [6.07, 6.45) is 8.46. The number of nitrogens with zero attached hydrogens (tertiary/aromatic N) is 4. The SMILES string of the molecule is Cc1c(-c2nc(C3CCC(=O)CC3)cnc2N)ccc(C(=O)O)c1F.Cc1c(-c2nc(C3CCC(O)CC3)cnc2N)ccc(C(=O)O)c1F. The van der Waals surface area contributed by atoms with Crippen LogP contribution in [0.4, 0.5) is 20.4 Å². The highest BCUT2D eigenvalue weighted by Gasteiger charge is 2.26. The molecule has 0 saturated heterocycles. The molecule has 0 radical (unpaired) electrons. The van der Waals surface area contributed by atoms with Crippen LogP contribution in [0.3, 0.4) is 0 Å². The van der Waals surface area contributed by atoms with Gasteiger partial charge < -0.3 is 26.8 Å². The predicted octanol–water partition coefficient (Wildman–Crippen LogP) is 5.99. The van der Waals surface area contributed by atoms with Crippen molar-refractivity contribution in [3.05, 3.63) is 81.9 Å². The van der Waals surface area contributed by atoms with Crippen LogP contribution in [0.2, 0.25) is 0 Å². The van der Waals surface area contributed by atoms with Gasteiger partial charge in [0.1, 0.15) is 40.4 Å². The van der Waals surface area contributed by atoms with Crippen molar-refractivity contribution in [1.29, 1.82) is 0 Å². The van der Waals surface area contributed by atoms with Crippen molar-refractivity contribution in [1.82, 2.24) is 19.9 Å². The summed E-state index contributed by atoms with van der Waals surface area (Å²) in [4.78, 5) is 51.0. The van der Waals surface area contributed by atoms with Gasteiger partial charge in [-0.1, -0.05) is 12.1 Å². The molecule has 2 aliphatic carbocycles. The number of nitrogen functional groups attached to an aromatic ring is 2. The van der Waals surface area contributed by atoms with Crippen molar-refractivity contribution < 1.29 is 38.5 Å². The van der Waals surface area contributed by atoms with Crippen LogP contribution < -0.4 is 11.5 Å². The van der Waals surface area contributed by atoms with Crippen molar-refractivity contribution in [2.24, 2.45) is 0 Å². The van der Waals surface area contributed by atoms with E-state index in [1.807, 2.05) is 0 Å². The third kappa shape index (κ3) is 7.59. The van der Waals surface area contributed by atoms with Gasteiger partial charge in [-0.05, 0) is 75.6 Å². The molecule has 2 aliphatic rings. The van der Waals surface area contributed by atoms with Crippen molar-refractivity contribution in [3.8, 4) is 22.5 Å². The molecule has 262 valence electrons. The lowest BCUT2D eigenvalue weighted by molar-refractivity contribution is -0.120. The van der Waals surface area contributed by atoms with Crippen LogP contribution >= 0.6 is 0 Å². The number of halogens is 2. The van der Waals surface area contributed by atoms with Crippen LogP contribution in [-0.4, -0.2) is 59.1 Å². The smallest absolute Gasteiger partial charge is 0.338 e. The molecule has 0 unspecified atom stereocenters. The Balaban J connectivity index is 0.000000194. The second-order valence-corrected chi connectivity index (χ2v) is 12.7. The number of anilines is 2. The normalized spacial score (nSPS) is 17.9. The van der Waals surface area contributed by atoms with Gasteiger partial charge in [0.05, 0.1) is 41.0 Å². The minimum Gasteiger partial charge on any atom is -0.478 e. The number of carboxylic acids is 2. The molecule has 12 nitrogen and oxygen atoms in total. The lowest BCUT2D eigenvalue weighted by Crippen LogP contribution is -2.18. The molecule has 50 heavy (non-hydrogen) atoms. The highest BCUT2D eigenvalue weighted by molar-refractivity contribution is 5.90. The van der Waals surface area contributed by atoms with Gasteiger partial charge in [0.2, 0.25) is 0 Å². The van der Waals surface area contributed by atoms with E-state index in [0.29, 0.717) is 61.0 Å². The summed E-state index contributed by atoms with van der Waals surface area (Å²) in [5, 5.41) is 27.7. The summed E-state index contributed by atoms with van der Waals surface area (Å²) in [5.41, 5.74) is 14.5. The summed E-state index contributed by atoms with van der Waals surface area (Å²) in [6, 6.07) is 5.42. The minimum atomic E-state index is -1.33. The number of aliphatic hydroxyl groups is 1. The summed E-state index contributed by atoms with van der Waals surface area (Å²) in [7, 11) is 0. The quantitative estimate of drug-likeness (QED) is 0.158. The van der Waals surface area contributed by atoms with Gasteiger partial charge in [0, 0.05) is 35.8 Å². The van der Waals surface area contributed by atoms with Crippen LogP contribution in [0.5, 0.6) is 0 Å². The molecule has 0 amide bonds. The molecule has 7 N–H and O–H groups in total. The fourth-order valence-corrected chi connectivity index (χ4v) is 6.43. The first-order chi connectivity index (χ1) is 23.8. The molecule has 6 rings (SSSR count). The predicted molar refractivity (Wildman–Crippen MR) is 181 cm³/mol. The zero-order chi connectivity index (χ0) is 36.3. The highest BCUT2D eigenvalue weighted by Crippen LogP contribution is 2.36. The van der Waals surface area contributed by atoms with Crippen LogP contribution in [0.25, 0.3) is 22.5 Å². The zero-order valence-electron chi connectivity index (χ0n) is 27.6. The van der Waals surface area contributed by atoms with Crippen LogP contribution in [0.1, 0.15) is 106 Å². The average Bonchev–Trinajstić information content (AvgIpc) is 3.09. The number of carbonyl (C=O) groups is 3. The number of aromatic carboxylic acids is 2. The molecule has 4 aromatic rings. The number of nitrogens with two attached hydrogens (primary N) is 2. The maximum Gasteiger partial charge on any atom is 0.338 e. The second-order valence-electron chi connectivity index (χ2n) is 12.7. The van der Waals surface area contributed by atoms with Crippen LogP contribution in [0, 0.1) is 25.5 Å². The van der Waals surface area contributed by atoms with Gasteiger partial charge in [-0.15, -0.1) is 0 Å². The maximum atomic E-state index is 14.3. The Hall–Kier alpha value is -5.37. The number of benzene rings is 2. The van der Waals surface area contributed by atoms with Crippen LogP contribution in [0.15, 0.2) is 36.7 Å². The maximum absolute atomic E-state index is 14.3. The van der Waals surface area contributed by atoms with Gasteiger partial charge in [0.15, 0.2) is 0 Å². The van der Waals surface area contributed by atoms with E-state index < -0.39 is 29.1 Å². The monoisotopic (exact) mass is 688 g/mol. The Morgan fingerprint density at radius 1 is 0.700 bits per heavy atom. The van der Waals surface area contributed by atoms with Gasteiger partial charge in [-0.2, -0.15) is 0 Å². The summed E-state index contributed by atoms with van der Waals surface area (Å²) in [5.74, 6) is -3.37. The Morgan fingerprint density at radius 2 is 1.10 bits per heavy atom. The number of rotatable bonds is 6. The number of carbonyl (C=O) groups excluding carboxylic acids is 1. The van der Waals surface area contributed by atoms with E-state index in [-0.39, 0.29) is 52.0 Å². The van der Waals surface area contributed by atoms with E-state index >= 15 is 0 Å². The Kier molecular flexibility index (Phi) is 10.8. The van der Waals surface area contributed by atoms with E-state index in [2.05, 4.69) is 19.9 Å². The molecule has 2 aromatic heterocycles. The Morgan fingerprint density at radius 3 is 1.50 bits per heavy atom. The van der Waals surface area contributed by atoms with E-state index in [4.69, 9.17) is 21.7 Å². The number of carboxylic acid groups (broad SMARTS) is 2. The first kappa shape index (κ1) is 35.9. The van der Waals surface area contributed by atoms with Gasteiger partial charge >= 0.3 is 11.9 Å². The minimum absolute atomic E-state index is 0.119. The number of Topliss-reactive ketones (excluding diaryl/α,β-unsaturated/α-hetero) is 1. The standard InChI is InChI=1S/C18H20FN3O3.C18H18FN3O3/c2*1-9-12(6-7-13(15(9)19)18(24)25)16-17(20)21-8-14(22-16)10-2-4-11(23)5-3-10/h6-8,10-11,23H,2-5H2,1H3,(H2,20,21)(H,24,25);6-8,10H,2-5H2,1H3,(H2,20,21)(H,24,25). The van der Waals surface area contributed by atoms with Gasteiger partial charge in [0.25, 0.3) is 0 Å². The molecule has 2 fully saturated rings. The van der Waals surface area contributed by atoms with E-state index in [1.165, 1.54) is 38.1 Å². The van der Waals surface area contributed by atoms with E-state index in [9.17, 15) is 28.3 Å². The second kappa shape index (κ2) is 15.0. The summed E-state index contributed by atoms with van der Waals surface area (Å²) < 4.78 is 28.7. The number of hydrogen-bond donors (Lipinski definition) is 5. The zero-order valence-corrected chi connectivity index (χ0v) is 27.6. The largest absolute Gasteiger partial charge is 0.478 e. The lowest BCUT2D eigenvalue weighted by atomic mass is 9.85. The number of ketones is 1. The molecule has 2 saturated carbocycles. The molecular weight excluding hydrogens is 650 g/mol. The fraction of sp³-hybridized carbons (Fsp3) is 0.361. The summed E-state index contributed by atoms with van der Waals surface area (Å²) >= 11 is 0. The molecule has 0 bridgehead atoms. The van der Waals surface area contributed by atoms with E-state index in [0.717, 1.165) is 24.2 Å². The Bertz CT molecular complexity index is 1950. The fourth-order valence-electron chi connectivity index (χ4n) is 6.43. The first-order valence-corrected chi connectivity index (χ1v) is 16.3. The molecule has 0 aliphatic heterocycles. The summed E-state index contributed by atoms with van der Waals surface area (Å²) in [6.45, 7) is 2.99. The topological polar surface area (TPSA) is 216 Å². The third-order valence-electron chi connectivity index (χ3n) is 9.46. The number of aliphatic hydroxyl groups excluding tert-OH is 1. The van der Waals surface area contributed by atoms with Gasteiger partial charge in [-0.3, -0.25) is 4.79 Å².